The molecule has 4 rings (SSSR count). The number of aromatic hydroxyl groups is 1. The van der Waals surface area contributed by atoms with Gasteiger partial charge in [-0.25, -0.2) is 0 Å². The Hall–Kier alpha value is -2.77. The summed E-state index contributed by atoms with van der Waals surface area (Å²) in [6, 6.07) is 27.6. The highest BCUT2D eigenvalue weighted by Crippen LogP contribution is 2.44. The van der Waals surface area contributed by atoms with Crippen molar-refractivity contribution in [3.63, 3.8) is 0 Å². The van der Waals surface area contributed by atoms with Crippen LogP contribution in [0.4, 0.5) is 0 Å². The van der Waals surface area contributed by atoms with Gasteiger partial charge in [0.25, 0.3) is 0 Å². The third kappa shape index (κ3) is 2.53. The lowest BCUT2D eigenvalue weighted by Gasteiger charge is -2.16. The summed E-state index contributed by atoms with van der Waals surface area (Å²) in [5, 5.41) is 13.4. The molecule has 0 heterocycles. The molecular formula is C22H15ClO. The van der Waals surface area contributed by atoms with Crippen LogP contribution in [-0.4, -0.2) is 5.11 Å². The van der Waals surface area contributed by atoms with Crippen LogP contribution in [0.5, 0.6) is 5.75 Å². The summed E-state index contributed by atoms with van der Waals surface area (Å²) in [7, 11) is 0. The summed E-state index contributed by atoms with van der Waals surface area (Å²) in [6.45, 7) is 0. The Morgan fingerprint density at radius 2 is 1.21 bits per heavy atom. The molecule has 24 heavy (non-hydrogen) atoms. The lowest BCUT2D eigenvalue weighted by Crippen LogP contribution is -1.89. The van der Waals surface area contributed by atoms with Crippen molar-refractivity contribution in [2.75, 3.05) is 0 Å². The molecule has 116 valence electrons. The third-order valence-electron chi connectivity index (χ3n) is 4.21. The van der Waals surface area contributed by atoms with Gasteiger partial charge in [-0.1, -0.05) is 78.3 Å². The maximum absolute atomic E-state index is 10.7. The van der Waals surface area contributed by atoms with E-state index in [0.717, 1.165) is 33.0 Å². The fourth-order valence-electron chi connectivity index (χ4n) is 3.15. The van der Waals surface area contributed by atoms with Crippen molar-refractivity contribution in [1.29, 1.82) is 0 Å². The molecular weight excluding hydrogens is 316 g/mol. The molecule has 0 unspecified atom stereocenters. The molecule has 0 bridgehead atoms. The van der Waals surface area contributed by atoms with Gasteiger partial charge in [0.15, 0.2) is 0 Å². The number of fused-ring (bicyclic) bond motifs is 1. The van der Waals surface area contributed by atoms with E-state index < -0.39 is 0 Å². The molecule has 0 aromatic heterocycles. The molecule has 4 aromatic carbocycles. The van der Waals surface area contributed by atoms with Crippen LogP contribution in [-0.2, 0) is 0 Å². The molecule has 0 aliphatic heterocycles. The molecule has 0 spiro atoms. The van der Waals surface area contributed by atoms with Crippen LogP contribution >= 0.6 is 11.6 Å². The number of halogens is 1. The predicted molar refractivity (Wildman–Crippen MR) is 101 cm³/mol. The van der Waals surface area contributed by atoms with E-state index in [2.05, 4.69) is 12.1 Å². The van der Waals surface area contributed by atoms with Gasteiger partial charge in [0, 0.05) is 16.1 Å². The average molecular weight is 331 g/mol. The zero-order chi connectivity index (χ0) is 16.5. The molecule has 0 fully saturated rings. The monoisotopic (exact) mass is 330 g/mol. The van der Waals surface area contributed by atoms with E-state index in [0.29, 0.717) is 5.02 Å². The maximum atomic E-state index is 10.7. The minimum atomic E-state index is 0.273. The van der Waals surface area contributed by atoms with E-state index in [1.165, 1.54) is 0 Å². The topological polar surface area (TPSA) is 20.2 Å². The summed E-state index contributed by atoms with van der Waals surface area (Å²) in [6.07, 6.45) is 0. The lowest BCUT2D eigenvalue weighted by atomic mass is 9.89. The van der Waals surface area contributed by atoms with Gasteiger partial charge in [0.2, 0.25) is 0 Å². The van der Waals surface area contributed by atoms with Crippen molar-refractivity contribution in [2.24, 2.45) is 0 Å². The number of phenolic OH excluding ortho intramolecular Hbond substituents is 1. The minimum absolute atomic E-state index is 0.273. The number of hydrogen-bond donors (Lipinski definition) is 1. The quantitative estimate of drug-likeness (QED) is 0.443. The molecule has 1 nitrogen and oxygen atoms in total. The fourth-order valence-corrected chi connectivity index (χ4v) is 3.33. The van der Waals surface area contributed by atoms with Gasteiger partial charge in [-0.15, -0.1) is 0 Å². The van der Waals surface area contributed by atoms with Crippen molar-refractivity contribution in [3.8, 4) is 28.0 Å². The van der Waals surface area contributed by atoms with Gasteiger partial charge in [-0.3, -0.25) is 0 Å². The first-order chi connectivity index (χ1) is 11.7. The summed E-state index contributed by atoms with van der Waals surface area (Å²) in [5.41, 5.74) is 3.87. The average Bonchev–Trinajstić information content (AvgIpc) is 2.62. The Kier molecular flexibility index (Phi) is 3.72. The van der Waals surface area contributed by atoms with E-state index in [4.69, 9.17) is 11.6 Å². The smallest absolute Gasteiger partial charge is 0.124 e. The minimum Gasteiger partial charge on any atom is -0.507 e. The fraction of sp³-hybridized carbons (Fsp3) is 0. The first-order valence-electron chi connectivity index (χ1n) is 7.80. The van der Waals surface area contributed by atoms with Gasteiger partial charge >= 0.3 is 0 Å². The van der Waals surface area contributed by atoms with Gasteiger partial charge in [-0.2, -0.15) is 0 Å². The Bertz CT molecular complexity index is 1010. The van der Waals surface area contributed by atoms with Crippen LogP contribution in [0.1, 0.15) is 0 Å². The first kappa shape index (κ1) is 14.8. The Balaban J connectivity index is 2.17. The molecule has 0 saturated carbocycles. The Morgan fingerprint density at radius 1 is 0.625 bits per heavy atom. The molecule has 0 radical (unpaired) electrons. The van der Waals surface area contributed by atoms with Gasteiger partial charge in [0.05, 0.1) is 0 Å². The second-order valence-electron chi connectivity index (χ2n) is 5.74. The molecule has 0 saturated heterocycles. The standard InChI is InChI=1S/C22H15ClO/c23-18-12-11-17-13-20(24)22(16-9-5-2-6-10-16)21(19(17)14-18)15-7-3-1-4-8-15/h1-14,24H. The summed E-state index contributed by atoms with van der Waals surface area (Å²) >= 11 is 6.25. The van der Waals surface area contributed by atoms with Crippen molar-refractivity contribution >= 4 is 22.4 Å². The summed E-state index contributed by atoms with van der Waals surface area (Å²) in [4.78, 5) is 0. The Morgan fingerprint density at radius 3 is 1.83 bits per heavy atom. The second kappa shape index (κ2) is 6.03. The number of rotatable bonds is 2. The molecule has 2 heteroatoms. The van der Waals surface area contributed by atoms with Gasteiger partial charge in [0.1, 0.15) is 5.75 Å². The van der Waals surface area contributed by atoms with Crippen LogP contribution in [0.15, 0.2) is 84.9 Å². The second-order valence-corrected chi connectivity index (χ2v) is 6.18. The van der Waals surface area contributed by atoms with Gasteiger partial charge in [-0.05, 0) is 40.1 Å². The lowest BCUT2D eigenvalue weighted by molar-refractivity contribution is 0.478. The third-order valence-corrected chi connectivity index (χ3v) is 4.44. The molecule has 4 aromatic rings. The van der Waals surface area contributed by atoms with E-state index in [-0.39, 0.29) is 5.75 Å². The summed E-state index contributed by atoms with van der Waals surface area (Å²) < 4.78 is 0. The number of phenols is 1. The Labute approximate surface area is 145 Å². The molecule has 0 amide bonds. The highest BCUT2D eigenvalue weighted by molar-refractivity contribution is 6.31. The molecule has 1 N–H and O–H groups in total. The van der Waals surface area contributed by atoms with E-state index in [9.17, 15) is 5.11 Å². The van der Waals surface area contributed by atoms with E-state index in [1.807, 2.05) is 66.7 Å². The molecule has 0 aliphatic carbocycles. The van der Waals surface area contributed by atoms with Crippen LogP contribution < -0.4 is 0 Å². The highest BCUT2D eigenvalue weighted by atomic mass is 35.5. The van der Waals surface area contributed by atoms with Crippen molar-refractivity contribution in [2.45, 2.75) is 0 Å². The largest absolute Gasteiger partial charge is 0.507 e. The van der Waals surface area contributed by atoms with Crippen LogP contribution in [0.2, 0.25) is 5.02 Å². The van der Waals surface area contributed by atoms with Crippen LogP contribution in [0.25, 0.3) is 33.0 Å². The van der Waals surface area contributed by atoms with Crippen molar-refractivity contribution in [3.05, 3.63) is 90.0 Å². The van der Waals surface area contributed by atoms with Gasteiger partial charge < -0.3 is 5.11 Å². The van der Waals surface area contributed by atoms with E-state index >= 15 is 0 Å². The summed E-state index contributed by atoms with van der Waals surface area (Å²) in [5.74, 6) is 0.273. The maximum Gasteiger partial charge on any atom is 0.124 e. The number of benzene rings is 4. The van der Waals surface area contributed by atoms with E-state index in [1.54, 1.807) is 6.07 Å². The SMILES string of the molecule is Oc1cc2ccc(Cl)cc2c(-c2ccccc2)c1-c1ccccc1. The zero-order valence-corrected chi connectivity index (χ0v) is 13.7. The number of hydrogen-bond acceptors (Lipinski definition) is 1. The molecule has 0 atom stereocenters. The van der Waals surface area contributed by atoms with Crippen molar-refractivity contribution in [1.82, 2.24) is 0 Å². The first-order valence-corrected chi connectivity index (χ1v) is 8.18. The highest BCUT2D eigenvalue weighted by Gasteiger charge is 2.16. The zero-order valence-electron chi connectivity index (χ0n) is 12.9. The normalized spacial score (nSPS) is 10.9. The van der Waals surface area contributed by atoms with Crippen LogP contribution in [0, 0.1) is 0 Å². The van der Waals surface area contributed by atoms with Crippen molar-refractivity contribution < 1.29 is 5.11 Å². The van der Waals surface area contributed by atoms with Crippen LogP contribution in [0.3, 0.4) is 0 Å². The predicted octanol–water partition coefficient (Wildman–Crippen LogP) is 6.53. The molecule has 0 aliphatic rings.